The molecule has 6 heteroatoms. The minimum atomic E-state index is -0.519. The van der Waals surface area contributed by atoms with Gasteiger partial charge in [0, 0.05) is 25.5 Å². The van der Waals surface area contributed by atoms with E-state index in [-0.39, 0.29) is 11.9 Å². The summed E-state index contributed by atoms with van der Waals surface area (Å²) >= 11 is 0. The van der Waals surface area contributed by atoms with Crippen LogP contribution in [0.2, 0.25) is 0 Å². The zero-order chi connectivity index (χ0) is 11.5. The Hall–Kier alpha value is -1.40. The molecular weight excluding hydrogens is 208 g/mol. The molecule has 2 rings (SSSR count). The number of nitrogens with zero attached hydrogens (tertiary/aromatic N) is 3. The lowest BCUT2D eigenvalue weighted by Crippen LogP contribution is -2.36. The first-order valence-electron chi connectivity index (χ1n) is 5.30. The molecule has 0 saturated carbocycles. The average molecular weight is 224 g/mol. The van der Waals surface area contributed by atoms with E-state index < -0.39 is 6.10 Å². The summed E-state index contributed by atoms with van der Waals surface area (Å²) in [5, 5.41) is 12.7. The Bertz CT molecular complexity index is 352. The van der Waals surface area contributed by atoms with Crippen LogP contribution in [0.1, 0.15) is 6.04 Å². The third-order valence-electron chi connectivity index (χ3n) is 2.85. The van der Waals surface area contributed by atoms with Gasteiger partial charge in [-0.3, -0.25) is 4.79 Å². The van der Waals surface area contributed by atoms with Gasteiger partial charge in [0.1, 0.15) is 0 Å². The number of hydrogen-bond acceptors (Lipinski definition) is 4. The van der Waals surface area contributed by atoms with Crippen molar-refractivity contribution in [3.8, 4) is 0 Å². The summed E-state index contributed by atoms with van der Waals surface area (Å²) in [4.78, 5) is 17.2. The molecule has 1 aromatic heterocycles. The maximum absolute atomic E-state index is 11.6. The van der Waals surface area contributed by atoms with E-state index in [0.717, 1.165) is 0 Å². The van der Waals surface area contributed by atoms with Gasteiger partial charge in [-0.15, -0.1) is 0 Å². The fourth-order valence-corrected chi connectivity index (χ4v) is 1.99. The van der Waals surface area contributed by atoms with Crippen LogP contribution in [0.5, 0.6) is 0 Å². The number of carbonyl (C=O) groups is 1. The lowest BCUT2D eigenvalue weighted by atomic mass is 10.2. The predicted octanol–water partition coefficient (Wildman–Crippen LogP) is -1.15. The highest BCUT2D eigenvalue weighted by molar-refractivity contribution is 5.78. The van der Waals surface area contributed by atoms with E-state index in [2.05, 4.69) is 10.3 Å². The second kappa shape index (κ2) is 4.63. The standard InChI is InChI=1S/C10H16N4O2/c1-11-4-10(16)14-5-8(9(15)6-14)13-3-2-12-7-13/h2-3,7-9,11,15H,4-6H2,1H3/t8-,9+/m1/s1. The quantitative estimate of drug-likeness (QED) is 0.680. The van der Waals surface area contributed by atoms with Crippen molar-refractivity contribution >= 4 is 5.91 Å². The van der Waals surface area contributed by atoms with Gasteiger partial charge in [0.15, 0.2) is 0 Å². The van der Waals surface area contributed by atoms with Crippen molar-refractivity contribution in [3.63, 3.8) is 0 Å². The molecule has 16 heavy (non-hydrogen) atoms. The largest absolute Gasteiger partial charge is 0.389 e. The molecule has 1 aliphatic rings. The molecule has 0 bridgehead atoms. The number of hydrogen-bond donors (Lipinski definition) is 2. The molecule has 1 saturated heterocycles. The highest BCUT2D eigenvalue weighted by Crippen LogP contribution is 2.21. The second-order valence-corrected chi connectivity index (χ2v) is 3.97. The fourth-order valence-electron chi connectivity index (χ4n) is 1.99. The molecule has 0 unspecified atom stereocenters. The van der Waals surface area contributed by atoms with Crippen molar-refractivity contribution in [1.82, 2.24) is 19.8 Å². The van der Waals surface area contributed by atoms with E-state index >= 15 is 0 Å². The third-order valence-corrected chi connectivity index (χ3v) is 2.85. The number of aliphatic hydroxyl groups excluding tert-OH is 1. The van der Waals surface area contributed by atoms with Gasteiger partial charge in [0.2, 0.25) is 5.91 Å². The first-order valence-corrected chi connectivity index (χ1v) is 5.30. The molecule has 1 aliphatic heterocycles. The number of rotatable bonds is 3. The van der Waals surface area contributed by atoms with E-state index in [1.807, 2.05) is 4.57 Å². The van der Waals surface area contributed by atoms with Crippen molar-refractivity contribution in [2.75, 3.05) is 26.7 Å². The van der Waals surface area contributed by atoms with Crippen LogP contribution >= 0.6 is 0 Å². The minimum Gasteiger partial charge on any atom is -0.389 e. The monoisotopic (exact) mass is 224 g/mol. The first kappa shape index (κ1) is 11.1. The van der Waals surface area contributed by atoms with Crippen molar-refractivity contribution in [2.45, 2.75) is 12.1 Å². The summed E-state index contributed by atoms with van der Waals surface area (Å²) in [7, 11) is 1.73. The van der Waals surface area contributed by atoms with Crippen LogP contribution in [-0.2, 0) is 4.79 Å². The molecule has 2 N–H and O–H groups in total. The van der Waals surface area contributed by atoms with Gasteiger partial charge in [-0.25, -0.2) is 4.98 Å². The van der Waals surface area contributed by atoms with E-state index in [1.165, 1.54) is 0 Å². The van der Waals surface area contributed by atoms with Gasteiger partial charge < -0.3 is 19.9 Å². The van der Waals surface area contributed by atoms with Crippen molar-refractivity contribution in [2.24, 2.45) is 0 Å². The van der Waals surface area contributed by atoms with E-state index in [4.69, 9.17) is 0 Å². The second-order valence-electron chi connectivity index (χ2n) is 3.97. The van der Waals surface area contributed by atoms with Crippen LogP contribution in [0.4, 0.5) is 0 Å². The summed E-state index contributed by atoms with van der Waals surface area (Å²) in [6.45, 7) is 1.24. The average Bonchev–Trinajstić information content (AvgIpc) is 2.86. The number of aliphatic hydroxyl groups is 1. The molecule has 6 nitrogen and oxygen atoms in total. The first-order chi connectivity index (χ1) is 7.72. The summed E-state index contributed by atoms with van der Waals surface area (Å²) in [5.41, 5.74) is 0. The normalized spacial score (nSPS) is 25.0. The SMILES string of the molecule is CNCC(=O)N1C[C@@H](n2ccnc2)[C@@H](O)C1. The smallest absolute Gasteiger partial charge is 0.236 e. The molecule has 1 aromatic rings. The van der Waals surface area contributed by atoms with Gasteiger partial charge in [0.25, 0.3) is 0 Å². The van der Waals surface area contributed by atoms with Crippen LogP contribution in [0.3, 0.4) is 0 Å². The van der Waals surface area contributed by atoms with Gasteiger partial charge >= 0.3 is 0 Å². The Kier molecular flexibility index (Phi) is 3.21. The summed E-state index contributed by atoms with van der Waals surface area (Å²) in [6.07, 6.45) is 4.63. The predicted molar refractivity (Wildman–Crippen MR) is 57.8 cm³/mol. The molecular formula is C10H16N4O2. The molecule has 2 atom stereocenters. The van der Waals surface area contributed by atoms with Crippen LogP contribution in [0.25, 0.3) is 0 Å². The number of likely N-dealkylation sites (N-methyl/N-ethyl adjacent to an activating group) is 1. The molecule has 0 spiro atoms. The van der Waals surface area contributed by atoms with Crippen LogP contribution < -0.4 is 5.32 Å². The molecule has 1 fully saturated rings. The Morgan fingerprint density at radius 1 is 1.62 bits per heavy atom. The highest BCUT2D eigenvalue weighted by atomic mass is 16.3. The van der Waals surface area contributed by atoms with Gasteiger partial charge in [0.05, 0.1) is 25.0 Å². The summed E-state index contributed by atoms with van der Waals surface area (Å²) in [6, 6.07) is -0.0803. The van der Waals surface area contributed by atoms with Gasteiger partial charge in [-0.2, -0.15) is 0 Å². The molecule has 1 amide bonds. The fraction of sp³-hybridized carbons (Fsp3) is 0.600. The Morgan fingerprint density at radius 2 is 2.44 bits per heavy atom. The molecule has 0 radical (unpaired) electrons. The maximum atomic E-state index is 11.6. The lowest BCUT2D eigenvalue weighted by molar-refractivity contribution is -0.129. The summed E-state index contributed by atoms with van der Waals surface area (Å²) < 4.78 is 1.84. The maximum Gasteiger partial charge on any atom is 0.236 e. The zero-order valence-electron chi connectivity index (χ0n) is 9.21. The van der Waals surface area contributed by atoms with E-state index in [9.17, 15) is 9.90 Å². The Balaban J connectivity index is 2.02. The molecule has 2 heterocycles. The Labute approximate surface area is 93.9 Å². The number of aromatic nitrogens is 2. The van der Waals surface area contributed by atoms with E-state index in [1.54, 1.807) is 30.7 Å². The van der Waals surface area contributed by atoms with Crippen molar-refractivity contribution in [3.05, 3.63) is 18.7 Å². The minimum absolute atomic E-state index is 0.0177. The molecule has 0 aliphatic carbocycles. The van der Waals surface area contributed by atoms with Crippen molar-refractivity contribution in [1.29, 1.82) is 0 Å². The molecule has 0 aromatic carbocycles. The van der Waals surface area contributed by atoms with Gasteiger partial charge in [-0.1, -0.05) is 0 Å². The topological polar surface area (TPSA) is 70.4 Å². The van der Waals surface area contributed by atoms with Gasteiger partial charge in [-0.05, 0) is 7.05 Å². The number of likely N-dealkylation sites (tertiary alicyclic amines) is 1. The number of nitrogens with one attached hydrogen (secondary N) is 1. The summed E-state index contributed by atoms with van der Waals surface area (Å²) in [5.74, 6) is 0.0177. The Morgan fingerprint density at radius 3 is 3.06 bits per heavy atom. The highest BCUT2D eigenvalue weighted by Gasteiger charge is 2.34. The van der Waals surface area contributed by atoms with E-state index in [0.29, 0.717) is 19.6 Å². The van der Waals surface area contributed by atoms with Crippen molar-refractivity contribution < 1.29 is 9.90 Å². The number of carbonyl (C=O) groups excluding carboxylic acids is 1. The lowest BCUT2D eigenvalue weighted by Gasteiger charge is -2.16. The number of amides is 1. The van der Waals surface area contributed by atoms with Crippen LogP contribution in [0, 0.1) is 0 Å². The molecule has 88 valence electrons. The van der Waals surface area contributed by atoms with Crippen LogP contribution in [-0.4, -0.2) is 58.3 Å². The van der Waals surface area contributed by atoms with Crippen LogP contribution in [0.15, 0.2) is 18.7 Å². The number of β-amino-alcohol motifs (C(OH)–C–C–N with tert-alkyl or cyclic N) is 1. The number of imidazole rings is 1. The third kappa shape index (κ3) is 2.07. The zero-order valence-corrected chi connectivity index (χ0v) is 9.21.